The molecule has 208 valence electrons. The Bertz CT molecular complexity index is 954. The van der Waals surface area contributed by atoms with E-state index in [4.69, 9.17) is 18.7 Å². The molecule has 4 amide bonds. The van der Waals surface area contributed by atoms with Gasteiger partial charge >= 0.3 is 18.2 Å². The van der Waals surface area contributed by atoms with Gasteiger partial charge in [-0.3, -0.25) is 4.84 Å². The molecule has 0 aliphatic carbocycles. The van der Waals surface area contributed by atoms with Gasteiger partial charge in [0.1, 0.15) is 23.3 Å². The summed E-state index contributed by atoms with van der Waals surface area (Å²) in [4.78, 5) is 45.1. The van der Waals surface area contributed by atoms with Crippen molar-refractivity contribution in [2.45, 2.75) is 103 Å². The first-order valence-corrected chi connectivity index (χ1v) is 12.8. The second-order valence-electron chi connectivity index (χ2n) is 11.3. The highest BCUT2D eigenvalue weighted by molar-refractivity contribution is 5.77. The Morgan fingerprint density at radius 2 is 1.76 bits per heavy atom. The second kappa shape index (κ2) is 11.5. The first kappa shape index (κ1) is 28.5. The standard InChI is InChI=1S/C24H40N6O7/c1-8-9-12-34-30-15-10-11-17(29(14-15)22(30)33)19-28-27-18(35-19)16(26-21(32)37-24(5,6)7)13-25-20(31)36-23(2,3)4/h15-17H,8-14H2,1-7H3,(H,25,31)(H,26,32)/t15?,16?,17-/m0/s1. The van der Waals surface area contributed by atoms with Crippen LogP contribution in [0.2, 0.25) is 0 Å². The van der Waals surface area contributed by atoms with Crippen LogP contribution in [0.25, 0.3) is 0 Å². The number of hydrogen-bond acceptors (Lipinski definition) is 9. The minimum absolute atomic E-state index is 0.0115. The molecule has 1 aromatic heterocycles. The number of alkyl carbamates (subject to hydrolysis) is 2. The van der Waals surface area contributed by atoms with Crippen molar-refractivity contribution in [1.29, 1.82) is 0 Å². The van der Waals surface area contributed by atoms with E-state index in [1.165, 1.54) is 5.06 Å². The predicted molar refractivity (Wildman–Crippen MR) is 131 cm³/mol. The number of amides is 4. The van der Waals surface area contributed by atoms with Crippen molar-refractivity contribution in [1.82, 2.24) is 30.8 Å². The number of nitrogens with zero attached hydrogens (tertiary/aromatic N) is 4. The molecule has 13 heteroatoms. The summed E-state index contributed by atoms with van der Waals surface area (Å²) in [6.45, 7) is 13.4. The smallest absolute Gasteiger partial charge is 0.408 e. The van der Waals surface area contributed by atoms with Gasteiger partial charge in [0, 0.05) is 6.54 Å². The SMILES string of the molecule is CCCCON1C(=O)N2CC1CC[C@H]2c1nnc(C(CNC(=O)OC(C)(C)C)NC(=O)OC(C)(C)C)o1. The van der Waals surface area contributed by atoms with E-state index in [9.17, 15) is 14.4 Å². The van der Waals surface area contributed by atoms with Crippen molar-refractivity contribution in [3.8, 4) is 0 Å². The highest BCUT2D eigenvalue weighted by Gasteiger charge is 2.47. The van der Waals surface area contributed by atoms with Gasteiger partial charge in [0.2, 0.25) is 11.8 Å². The molecule has 2 N–H and O–H groups in total. The summed E-state index contributed by atoms with van der Waals surface area (Å²) < 4.78 is 16.6. The molecule has 2 bridgehead atoms. The third kappa shape index (κ3) is 7.94. The number of aromatic nitrogens is 2. The number of rotatable bonds is 9. The zero-order valence-electron chi connectivity index (χ0n) is 22.8. The van der Waals surface area contributed by atoms with Gasteiger partial charge < -0.3 is 29.4 Å². The lowest BCUT2D eigenvalue weighted by Crippen LogP contribution is -2.42. The molecule has 0 radical (unpaired) electrons. The third-order valence-corrected chi connectivity index (χ3v) is 5.63. The normalized spacial score (nSPS) is 20.6. The van der Waals surface area contributed by atoms with Crippen LogP contribution in [-0.4, -0.2) is 75.3 Å². The Labute approximate surface area is 217 Å². The summed E-state index contributed by atoms with van der Waals surface area (Å²) in [5.74, 6) is 0.326. The van der Waals surface area contributed by atoms with Crippen molar-refractivity contribution in [2.24, 2.45) is 0 Å². The summed E-state index contributed by atoms with van der Waals surface area (Å²) in [5.41, 5.74) is -1.42. The largest absolute Gasteiger partial charge is 0.444 e. The molecule has 13 nitrogen and oxygen atoms in total. The fraction of sp³-hybridized carbons (Fsp3) is 0.792. The number of hydroxylamine groups is 2. The molecular weight excluding hydrogens is 484 g/mol. The van der Waals surface area contributed by atoms with Crippen molar-refractivity contribution in [2.75, 3.05) is 19.7 Å². The number of urea groups is 1. The van der Waals surface area contributed by atoms with Gasteiger partial charge in [-0.2, -0.15) is 5.06 Å². The molecule has 3 heterocycles. The summed E-state index contributed by atoms with van der Waals surface area (Å²) in [6, 6.07) is -1.53. The van der Waals surface area contributed by atoms with E-state index < -0.39 is 35.5 Å². The van der Waals surface area contributed by atoms with E-state index in [0.29, 0.717) is 19.6 Å². The maximum atomic E-state index is 13.0. The Kier molecular flexibility index (Phi) is 8.88. The van der Waals surface area contributed by atoms with Crippen LogP contribution in [-0.2, 0) is 14.3 Å². The van der Waals surface area contributed by atoms with Crippen LogP contribution >= 0.6 is 0 Å². The predicted octanol–water partition coefficient (Wildman–Crippen LogP) is 3.83. The third-order valence-electron chi connectivity index (χ3n) is 5.63. The molecule has 3 atom stereocenters. The van der Waals surface area contributed by atoms with E-state index in [2.05, 4.69) is 27.8 Å². The number of carbonyl (C=O) groups excluding carboxylic acids is 3. The summed E-state index contributed by atoms with van der Waals surface area (Å²) in [6.07, 6.45) is 1.84. The first-order chi connectivity index (χ1) is 17.3. The Morgan fingerprint density at radius 3 is 2.41 bits per heavy atom. The summed E-state index contributed by atoms with van der Waals surface area (Å²) in [5, 5.41) is 15.0. The summed E-state index contributed by atoms with van der Waals surface area (Å²) >= 11 is 0. The molecule has 0 saturated carbocycles. The number of unbranched alkanes of at least 4 members (excludes halogenated alkanes) is 1. The zero-order valence-corrected chi connectivity index (χ0v) is 22.8. The van der Waals surface area contributed by atoms with Gasteiger partial charge in [0.25, 0.3) is 0 Å². The lowest BCUT2D eigenvalue weighted by Gasteiger charge is -2.27. The molecule has 37 heavy (non-hydrogen) atoms. The molecule has 2 fully saturated rings. The van der Waals surface area contributed by atoms with Gasteiger partial charge in [-0.05, 0) is 60.8 Å². The monoisotopic (exact) mass is 524 g/mol. The minimum atomic E-state index is -0.886. The van der Waals surface area contributed by atoms with E-state index in [-0.39, 0.29) is 30.4 Å². The van der Waals surface area contributed by atoms with Gasteiger partial charge in [-0.1, -0.05) is 13.3 Å². The fourth-order valence-electron chi connectivity index (χ4n) is 4.03. The maximum absolute atomic E-state index is 13.0. The lowest BCUT2D eigenvalue weighted by atomic mass is 10.0. The second-order valence-corrected chi connectivity index (χ2v) is 11.3. The van der Waals surface area contributed by atoms with Crippen LogP contribution < -0.4 is 10.6 Å². The molecule has 1 aromatic rings. The van der Waals surface area contributed by atoms with Crippen molar-refractivity contribution in [3.63, 3.8) is 0 Å². The molecule has 3 rings (SSSR count). The zero-order chi connectivity index (χ0) is 27.4. The number of piperidine rings is 1. The van der Waals surface area contributed by atoms with Crippen molar-refractivity contribution in [3.05, 3.63) is 11.8 Å². The molecule has 0 aromatic carbocycles. The Balaban J connectivity index is 1.72. The average Bonchev–Trinajstić information content (AvgIpc) is 3.34. The van der Waals surface area contributed by atoms with E-state index >= 15 is 0 Å². The molecule has 2 aliphatic rings. The average molecular weight is 525 g/mol. The number of fused-ring (bicyclic) bond motifs is 2. The topological polar surface area (TPSA) is 148 Å². The van der Waals surface area contributed by atoms with Crippen LogP contribution in [0.5, 0.6) is 0 Å². The van der Waals surface area contributed by atoms with Crippen LogP contribution in [0, 0.1) is 0 Å². The summed E-state index contributed by atoms with van der Waals surface area (Å²) in [7, 11) is 0. The highest BCUT2D eigenvalue weighted by atomic mass is 16.7. The molecule has 0 spiro atoms. The fourth-order valence-corrected chi connectivity index (χ4v) is 4.03. The highest BCUT2D eigenvalue weighted by Crippen LogP contribution is 2.38. The van der Waals surface area contributed by atoms with Crippen LogP contribution in [0.3, 0.4) is 0 Å². The van der Waals surface area contributed by atoms with Crippen LogP contribution in [0.4, 0.5) is 14.4 Å². The molecular formula is C24H40N6O7. The minimum Gasteiger partial charge on any atom is -0.444 e. The van der Waals surface area contributed by atoms with Crippen molar-refractivity contribution >= 4 is 18.2 Å². The van der Waals surface area contributed by atoms with Crippen LogP contribution in [0.15, 0.2) is 4.42 Å². The molecule has 2 aliphatic heterocycles. The molecule has 2 unspecified atom stereocenters. The van der Waals surface area contributed by atoms with E-state index in [1.54, 1.807) is 46.4 Å². The number of nitrogens with one attached hydrogen (secondary N) is 2. The van der Waals surface area contributed by atoms with Crippen molar-refractivity contribution < 1.29 is 33.1 Å². The number of carbonyl (C=O) groups is 3. The Hall–Kier alpha value is -3.09. The first-order valence-electron chi connectivity index (χ1n) is 12.8. The van der Waals surface area contributed by atoms with E-state index in [0.717, 1.165) is 19.3 Å². The van der Waals surface area contributed by atoms with Gasteiger partial charge in [0.15, 0.2) is 0 Å². The van der Waals surface area contributed by atoms with Gasteiger partial charge in [-0.25, -0.2) is 14.4 Å². The quantitative estimate of drug-likeness (QED) is 0.460. The maximum Gasteiger partial charge on any atom is 0.408 e. The van der Waals surface area contributed by atoms with Crippen LogP contribution in [0.1, 0.15) is 98.0 Å². The Morgan fingerprint density at radius 1 is 1.08 bits per heavy atom. The lowest BCUT2D eigenvalue weighted by molar-refractivity contribution is -0.130. The number of ether oxygens (including phenoxy) is 2. The van der Waals surface area contributed by atoms with Gasteiger partial charge in [-0.15, -0.1) is 10.2 Å². The van der Waals surface area contributed by atoms with E-state index in [1.807, 2.05) is 0 Å². The number of hydrogen-bond donors (Lipinski definition) is 2. The molecule has 2 saturated heterocycles. The van der Waals surface area contributed by atoms with Gasteiger partial charge in [0.05, 0.1) is 19.2 Å².